The van der Waals surface area contributed by atoms with Crippen LogP contribution >= 0.6 is 23.4 Å². The molecule has 61 heavy (non-hydrogen) atoms. The van der Waals surface area contributed by atoms with Crippen molar-refractivity contribution in [2.75, 3.05) is 69.7 Å². The molecule has 4 aliphatic rings. The maximum atomic E-state index is 13.2. The number of unbranched alkanes of at least 4 members (excludes halogenated alkanes) is 1. The number of carbonyl (C=O) groups excluding carboxylic acids is 3. The molecule has 2 aromatic rings. The fraction of sp³-hybridized carbons (Fsp3) is 0.800. The molecule has 4 amide bonds. The van der Waals surface area contributed by atoms with Crippen LogP contribution in [-0.2, 0) is 19.1 Å². The van der Waals surface area contributed by atoms with Gasteiger partial charge in [-0.05, 0) is 95.6 Å². The van der Waals surface area contributed by atoms with Crippen molar-refractivity contribution in [3.63, 3.8) is 0 Å². The Balaban J connectivity index is 0.827. The van der Waals surface area contributed by atoms with Crippen molar-refractivity contribution in [1.82, 2.24) is 41.1 Å². The summed E-state index contributed by atoms with van der Waals surface area (Å²) in [7, 11) is 0. The van der Waals surface area contributed by atoms with Gasteiger partial charge in [0.1, 0.15) is 17.8 Å². The Morgan fingerprint density at radius 3 is 2.49 bits per heavy atom. The van der Waals surface area contributed by atoms with E-state index in [0.717, 1.165) is 107 Å². The predicted octanol–water partition coefficient (Wildman–Crippen LogP) is 6.82. The van der Waals surface area contributed by atoms with E-state index in [-0.39, 0.29) is 41.1 Å². The molecule has 1 spiro atoms. The largest absolute Gasteiger partial charge is 0.373 e. The average molecular weight is 889 g/mol. The van der Waals surface area contributed by atoms with E-state index in [1.54, 1.807) is 12.5 Å². The maximum absolute atomic E-state index is 13.2. The summed E-state index contributed by atoms with van der Waals surface area (Å²) < 4.78 is 12.9. The number of urea groups is 1. The highest BCUT2D eigenvalue weighted by Gasteiger charge is 2.43. The molecule has 4 saturated heterocycles. The van der Waals surface area contributed by atoms with Crippen molar-refractivity contribution < 1.29 is 23.9 Å². The third-order valence-corrected chi connectivity index (χ3v) is 16.4. The molecular weight excluding hydrogens is 814 g/mol. The number of aromatic amines is 1. The summed E-state index contributed by atoms with van der Waals surface area (Å²) in [5.41, 5.74) is 0.364. The lowest BCUT2D eigenvalue weighted by atomic mass is 9.77. The number of nitrogens with one attached hydrogen (secondary N) is 5. The van der Waals surface area contributed by atoms with Gasteiger partial charge in [0.15, 0.2) is 0 Å². The molecule has 0 bridgehead atoms. The highest BCUT2D eigenvalue weighted by Crippen LogP contribution is 2.43. The first kappa shape index (κ1) is 47.6. The fourth-order valence-electron chi connectivity index (χ4n) is 9.88. The minimum absolute atomic E-state index is 0.0555. The van der Waals surface area contributed by atoms with Crippen molar-refractivity contribution in [2.24, 2.45) is 11.3 Å². The molecule has 0 aliphatic carbocycles. The Morgan fingerprint density at radius 2 is 1.74 bits per heavy atom. The summed E-state index contributed by atoms with van der Waals surface area (Å²) in [5, 5.41) is 14.4. The molecule has 5 N–H and O–H groups in total. The minimum Gasteiger partial charge on any atom is -0.373 e. The maximum Gasteiger partial charge on any atom is 0.315 e. The Bertz CT molecular complexity index is 1740. The van der Waals surface area contributed by atoms with Crippen LogP contribution in [0.15, 0.2) is 12.5 Å². The number of halogens is 1. The lowest BCUT2D eigenvalue weighted by molar-refractivity contribution is -0.127. The molecule has 6 rings (SSSR count). The summed E-state index contributed by atoms with van der Waals surface area (Å²) in [4.78, 5) is 54.5. The number of likely N-dealkylation sites (tertiary alicyclic amines) is 1. The molecule has 5 atom stereocenters. The number of piperidine rings is 1. The normalized spacial score (nSPS) is 22.9. The molecule has 342 valence electrons. The number of fused-ring (bicyclic) bond motifs is 2. The van der Waals surface area contributed by atoms with Crippen LogP contribution in [0.5, 0.6) is 0 Å². The Morgan fingerprint density at radius 1 is 0.984 bits per heavy atom. The van der Waals surface area contributed by atoms with E-state index in [9.17, 15) is 14.4 Å². The summed E-state index contributed by atoms with van der Waals surface area (Å²) >= 11 is 8.42. The molecule has 0 aromatic carbocycles. The summed E-state index contributed by atoms with van der Waals surface area (Å²) in [6.07, 6.45) is 15.6. The first-order valence-electron chi connectivity index (χ1n) is 23.4. The molecule has 4 fully saturated rings. The van der Waals surface area contributed by atoms with Gasteiger partial charge >= 0.3 is 6.03 Å². The number of H-pyrrole nitrogens is 1. The van der Waals surface area contributed by atoms with Crippen molar-refractivity contribution in [1.29, 1.82) is 0 Å². The fourth-order valence-corrected chi connectivity index (χ4v) is 11.7. The van der Waals surface area contributed by atoms with Crippen molar-refractivity contribution in [2.45, 2.75) is 153 Å². The molecule has 6 heterocycles. The number of ether oxygens (including phenoxy) is 2. The van der Waals surface area contributed by atoms with Gasteiger partial charge in [-0.2, -0.15) is 11.8 Å². The van der Waals surface area contributed by atoms with E-state index in [4.69, 9.17) is 21.1 Å². The van der Waals surface area contributed by atoms with Crippen LogP contribution in [0.1, 0.15) is 125 Å². The Labute approximate surface area is 373 Å². The third kappa shape index (κ3) is 12.7. The number of anilines is 1. The van der Waals surface area contributed by atoms with Crippen molar-refractivity contribution in [3.8, 4) is 0 Å². The van der Waals surface area contributed by atoms with E-state index >= 15 is 0 Å². The minimum atomic E-state index is -0.367. The van der Waals surface area contributed by atoms with Crippen LogP contribution in [0.25, 0.3) is 11.0 Å². The van der Waals surface area contributed by atoms with Gasteiger partial charge in [-0.3, -0.25) is 9.59 Å². The van der Waals surface area contributed by atoms with Gasteiger partial charge < -0.3 is 45.5 Å². The molecule has 0 saturated carbocycles. The van der Waals surface area contributed by atoms with Crippen LogP contribution in [0.4, 0.5) is 10.6 Å². The monoisotopic (exact) mass is 888 g/mol. The quantitative estimate of drug-likeness (QED) is 0.0528. The summed E-state index contributed by atoms with van der Waals surface area (Å²) in [5.74, 6) is 2.49. The van der Waals surface area contributed by atoms with Crippen LogP contribution < -0.4 is 26.2 Å². The smallest absolute Gasteiger partial charge is 0.315 e. The van der Waals surface area contributed by atoms with Gasteiger partial charge in [0.2, 0.25) is 11.8 Å². The zero-order valence-corrected chi connectivity index (χ0v) is 39.1. The standard InChI is InChI=1S/C45H74ClN9O5S/c1-6-32(28-54-21-17-44(18-22-54)19-23-55(30-44)41-38-33(46)27-49-40(38)50-31-51-41)26-48-37(57)14-15-45(8-3,9-4)60-25-24-59-43(5,7-2)16-20-47-36(56)13-11-10-12-35-39-34(29-61-35)52-42(58)53-39/h27,31-32,34-35,39H,6-26,28-30H2,1-5H3,(H,47,56)(H,48,57)(H,49,50,51)(H2,52,53,58). The van der Waals surface area contributed by atoms with Gasteiger partial charge in [-0.25, -0.2) is 14.8 Å². The molecule has 16 heteroatoms. The van der Waals surface area contributed by atoms with Crippen molar-refractivity contribution in [3.05, 3.63) is 17.5 Å². The second-order valence-electron chi connectivity index (χ2n) is 18.5. The number of nitrogens with zero attached hydrogens (tertiary/aromatic N) is 4. The Kier molecular flexibility index (Phi) is 17.3. The van der Waals surface area contributed by atoms with Gasteiger partial charge in [0, 0.05) is 62.8 Å². The van der Waals surface area contributed by atoms with Gasteiger partial charge in [0.25, 0.3) is 0 Å². The molecule has 14 nitrogen and oxygen atoms in total. The van der Waals surface area contributed by atoms with E-state index in [1.807, 2.05) is 11.8 Å². The summed E-state index contributed by atoms with van der Waals surface area (Å²) in [6, 6.07) is 0.398. The van der Waals surface area contributed by atoms with E-state index in [2.05, 4.69) is 80.6 Å². The van der Waals surface area contributed by atoms with Gasteiger partial charge in [0.05, 0.1) is 46.9 Å². The number of hydrogen-bond acceptors (Lipinski definition) is 10. The SMILES string of the molecule is CCC(CNC(=O)CCC(CC)(CC)OCCOC(C)(CC)CCNC(=O)CCCCC1SCC2NC(=O)NC21)CN1CCC2(CC1)CCN(c1ncnc3[nH]cc(Cl)c13)C2. The van der Waals surface area contributed by atoms with Crippen molar-refractivity contribution >= 4 is 58.1 Å². The molecule has 4 aliphatic heterocycles. The lowest BCUT2D eigenvalue weighted by Crippen LogP contribution is -2.45. The zero-order chi connectivity index (χ0) is 43.5. The first-order chi connectivity index (χ1) is 29.4. The molecular formula is C45H74ClN9O5S. The van der Waals surface area contributed by atoms with Crippen LogP contribution in [-0.4, -0.2) is 131 Å². The van der Waals surface area contributed by atoms with Crippen LogP contribution in [0.2, 0.25) is 5.02 Å². The number of rotatable bonds is 25. The first-order valence-corrected chi connectivity index (χ1v) is 24.8. The topological polar surface area (TPSA) is 166 Å². The summed E-state index contributed by atoms with van der Waals surface area (Å²) in [6.45, 7) is 18.1. The van der Waals surface area contributed by atoms with E-state index in [1.165, 1.54) is 19.3 Å². The number of carbonyl (C=O) groups is 3. The Hall–Kier alpha value is -2.85. The molecule has 2 aromatic heterocycles. The van der Waals surface area contributed by atoms with E-state index < -0.39 is 0 Å². The van der Waals surface area contributed by atoms with E-state index in [0.29, 0.717) is 67.2 Å². The van der Waals surface area contributed by atoms with Gasteiger partial charge in [-0.15, -0.1) is 0 Å². The predicted molar refractivity (Wildman–Crippen MR) is 245 cm³/mol. The van der Waals surface area contributed by atoms with Crippen LogP contribution in [0, 0.1) is 11.3 Å². The number of hydrogen-bond donors (Lipinski definition) is 5. The lowest BCUT2D eigenvalue weighted by Gasteiger charge is -2.40. The average Bonchev–Trinajstić information content (AvgIpc) is 4.06. The number of aromatic nitrogens is 3. The highest BCUT2D eigenvalue weighted by atomic mass is 35.5. The second kappa shape index (κ2) is 22.2. The van der Waals surface area contributed by atoms with Gasteiger partial charge in [-0.1, -0.05) is 52.1 Å². The highest BCUT2D eigenvalue weighted by molar-refractivity contribution is 8.00. The third-order valence-electron chi connectivity index (χ3n) is 14.6. The number of amides is 4. The number of thioether (sulfide) groups is 1. The molecule has 5 unspecified atom stereocenters. The molecule has 0 radical (unpaired) electrons. The van der Waals surface area contributed by atoms with Crippen LogP contribution in [0.3, 0.4) is 0 Å². The second-order valence-corrected chi connectivity index (χ2v) is 20.1. The zero-order valence-electron chi connectivity index (χ0n) is 37.6.